The maximum absolute atomic E-state index is 12.4. The molecule has 7 N–H and O–H groups in total. The van der Waals surface area contributed by atoms with Crippen LogP contribution in [0.2, 0.25) is 10.0 Å². The van der Waals surface area contributed by atoms with E-state index in [1.807, 2.05) is 0 Å². The molecule has 0 saturated heterocycles. The summed E-state index contributed by atoms with van der Waals surface area (Å²) in [5, 5.41) is 13.6. The summed E-state index contributed by atoms with van der Waals surface area (Å²) in [7, 11) is 0. The molecule has 136 valence electrons. The Kier molecular flexibility index (Phi) is 5.70. The molecule has 0 aliphatic carbocycles. The van der Waals surface area contributed by atoms with Gasteiger partial charge < -0.3 is 21.9 Å². The number of urea groups is 1. The van der Waals surface area contributed by atoms with Gasteiger partial charge in [0.1, 0.15) is 5.00 Å². The lowest BCUT2D eigenvalue weighted by atomic mass is 10.1. The van der Waals surface area contributed by atoms with E-state index in [0.717, 1.165) is 23.5 Å². The van der Waals surface area contributed by atoms with Crippen molar-refractivity contribution in [3.05, 3.63) is 44.9 Å². The van der Waals surface area contributed by atoms with Crippen molar-refractivity contribution in [3.8, 4) is 0 Å². The van der Waals surface area contributed by atoms with Crippen LogP contribution in [0, 0.1) is 0 Å². The average Bonchev–Trinajstić information content (AvgIpc) is 2.90. The van der Waals surface area contributed by atoms with Crippen molar-refractivity contribution in [2.45, 2.75) is 0 Å². The van der Waals surface area contributed by atoms with Gasteiger partial charge in [0.25, 0.3) is 11.8 Å². The minimum Gasteiger partial charge on any atom is -0.478 e. The van der Waals surface area contributed by atoms with Crippen LogP contribution in [0.5, 0.6) is 0 Å². The van der Waals surface area contributed by atoms with Crippen LogP contribution < -0.4 is 22.1 Å². The lowest BCUT2D eigenvalue weighted by Gasteiger charge is -2.07. The molecule has 0 spiro atoms. The van der Waals surface area contributed by atoms with Crippen molar-refractivity contribution in [1.29, 1.82) is 0 Å². The molecule has 0 aliphatic heterocycles. The topological polar surface area (TPSA) is 165 Å². The summed E-state index contributed by atoms with van der Waals surface area (Å²) >= 11 is 12.6. The highest BCUT2D eigenvalue weighted by Gasteiger charge is 2.20. The smallest absolute Gasteiger partial charge is 0.337 e. The van der Waals surface area contributed by atoms with E-state index in [4.69, 9.17) is 39.8 Å². The number of halogens is 2. The molecule has 1 heterocycles. The van der Waals surface area contributed by atoms with Crippen LogP contribution in [0.1, 0.15) is 31.1 Å². The Balaban J connectivity index is 2.33. The number of carboxylic acid groups (broad SMARTS) is 1. The zero-order valence-electron chi connectivity index (χ0n) is 12.6. The number of aromatic carboxylic acids is 1. The Hall–Kier alpha value is -2.82. The molecular formula is C14H10Cl2N4O5S. The number of amides is 4. The van der Waals surface area contributed by atoms with Crippen LogP contribution in [0.3, 0.4) is 0 Å². The fourth-order valence-corrected chi connectivity index (χ4v) is 3.36. The van der Waals surface area contributed by atoms with E-state index in [2.05, 4.69) is 10.6 Å². The Morgan fingerprint density at radius 1 is 0.923 bits per heavy atom. The van der Waals surface area contributed by atoms with Crippen LogP contribution in [0.15, 0.2) is 18.2 Å². The molecule has 12 heteroatoms. The highest BCUT2D eigenvalue weighted by molar-refractivity contribution is 7.20. The molecule has 0 radical (unpaired) electrons. The highest BCUT2D eigenvalue weighted by Crippen LogP contribution is 2.33. The normalized spacial score (nSPS) is 10.2. The number of benzene rings is 1. The predicted octanol–water partition coefficient (Wildman–Crippen LogP) is 2.59. The predicted molar refractivity (Wildman–Crippen MR) is 97.4 cm³/mol. The molecule has 0 bridgehead atoms. The summed E-state index contributed by atoms with van der Waals surface area (Å²) in [6.07, 6.45) is 0. The van der Waals surface area contributed by atoms with Crippen molar-refractivity contribution < 1.29 is 24.3 Å². The first-order valence-electron chi connectivity index (χ1n) is 6.64. The molecule has 26 heavy (non-hydrogen) atoms. The average molecular weight is 417 g/mol. The summed E-state index contributed by atoms with van der Waals surface area (Å²) in [6.45, 7) is 0. The number of carbonyl (C=O) groups excluding carboxylic acids is 3. The quantitative estimate of drug-likeness (QED) is 0.504. The van der Waals surface area contributed by atoms with Crippen LogP contribution in [-0.4, -0.2) is 28.9 Å². The van der Waals surface area contributed by atoms with Crippen molar-refractivity contribution in [3.63, 3.8) is 0 Å². The summed E-state index contributed by atoms with van der Waals surface area (Å²) < 4.78 is 0. The monoisotopic (exact) mass is 416 g/mol. The molecule has 9 nitrogen and oxygen atoms in total. The Morgan fingerprint density at radius 3 is 2.04 bits per heavy atom. The van der Waals surface area contributed by atoms with Gasteiger partial charge in [-0.15, -0.1) is 0 Å². The zero-order valence-corrected chi connectivity index (χ0v) is 15.0. The Bertz CT molecular complexity index is 944. The number of thiophene rings is 1. The number of nitrogens with one attached hydrogen (secondary N) is 2. The van der Waals surface area contributed by atoms with Crippen molar-refractivity contribution in [2.24, 2.45) is 11.5 Å². The standard InChI is InChI=1S/C14H10Cl2N4O5S/c15-7-2-5(13(23)24)8(16)1-4(7)11(22)19-9-3-6(10(17)21)12(26-9)20-14(18)25/h1-3H,(H2,17,21)(H,19,22)(H,23,24)(H3,18,20,25). The van der Waals surface area contributed by atoms with Crippen LogP contribution in [-0.2, 0) is 0 Å². The molecule has 0 fully saturated rings. The van der Waals surface area contributed by atoms with Gasteiger partial charge in [0, 0.05) is 0 Å². The van der Waals surface area contributed by atoms with E-state index in [9.17, 15) is 19.2 Å². The molecule has 1 aromatic carbocycles. The number of carboxylic acids is 1. The third kappa shape index (κ3) is 4.23. The first kappa shape index (κ1) is 19.5. The second-order valence-electron chi connectivity index (χ2n) is 4.78. The summed E-state index contributed by atoms with van der Waals surface area (Å²) in [5.74, 6) is -2.84. The molecule has 2 aromatic rings. The molecule has 1 aromatic heterocycles. The highest BCUT2D eigenvalue weighted by atomic mass is 35.5. The van der Waals surface area contributed by atoms with E-state index >= 15 is 0 Å². The number of rotatable bonds is 5. The van der Waals surface area contributed by atoms with Gasteiger partial charge in [0.2, 0.25) is 0 Å². The van der Waals surface area contributed by atoms with Gasteiger partial charge >= 0.3 is 12.0 Å². The van der Waals surface area contributed by atoms with Gasteiger partial charge in [-0.2, -0.15) is 0 Å². The minimum absolute atomic E-state index is 0.0468. The van der Waals surface area contributed by atoms with E-state index in [1.165, 1.54) is 6.07 Å². The molecule has 0 aliphatic rings. The second kappa shape index (κ2) is 7.60. The second-order valence-corrected chi connectivity index (χ2v) is 6.64. The Labute approximate surface area is 159 Å². The van der Waals surface area contributed by atoms with Gasteiger partial charge in [-0.25, -0.2) is 9.59 Å². The summed E-state index contributed by atoms with van der Waals surface area (Å²) in [6, 6.07) is 2.49. The molecule has 0 saturated carbocycles. The van der Waals surface area contributed by atoms with Crippen LogP contribution in [0.4, 0.5) is 14.8 Å². The van der Waals surface area contributed by atoms with E-state index < -0.39 is 23.8 Å². The zero-order chi connectivity index (χ0) is 19.6. The molecule has 2 rings (SSSR count). The first-order chi connectivity index (χ1) is 12.1. The van der Waals surface area contributed by atoms with Gasteiger partial charge in [0.05, 0.1) is 31.7 Å². The fraction of sp³-hybridized carbons (Fsp3) is 0. The first-order valence-corrected chi connectivity index (χ1v) is 8.21. The Morgan fingerprint density at radius 2 is 1.50 bits per heavy atom. The van der Waals surface area contributed by atoms with Crippen molar-refractivity contribution >= 4 is 68.4 Å². The molecular weight excluding hydrogens is 407 g/mol. The van der Waals surface area contributed by atoms with E-state index in [1.54, 1.807) is 0 Å². The SMILES string of the molecule is NC(=O)Nc1sc(NC(=O)c2cc(Cl)c(C(=O)O)cc2Cl)cc1C(N)=O. The number of hydrogen-bond donors (Lipinski definition) is 5. The van der Waals surface area contributed by atoms with E-state index in [0.29, 0.717) is 0 Å². The lowest BCUT2D eigenvalue weighted by Crippen LogP contribution is -2.21. The summed E-state index contributed by atoms with van der Waals surface area (Å²) in [4.78, 5) is 45.7. The lowest BCUT2D eigenvalue weighted by molar-refractivity contribution is 0.0696. The van der Waals surface area contributed by atoms with Gasteiger partial charge in [-0.05, 0) is 18.2 Å². The number of carbonyl (C=O) groups is 4. The maximum Gasteiger partial charge on any atom is 0.337 e. The third-order valence-corrected chi connectivity index (χ3v) is 4.59. The summed E-state index contributed by atoms with van der Waals surface area (Å²) in [5.41, 5.74) is 9.82. The van der Waals surface area contributed by atoms with Gasteiger partial charge in [0.15, 0.2) is 0 Å². The number of hydrogen-bond acceptors (Lipinski definition) is 5. The van der Waals surface area contributed by atoms with Crippen LogP contribution in [0.25, 0.3) is 0 Å². The van der Waals surface area contributed by atoms with Crippen molar-refractivity contribution in [2.75, 3.05) is 10.6 Å². The molecule has 0 atom stereocenters. The number of anilines is 2. The maximum atomic E-state index is 12.4. The fourth-order valence-electron chi connectivity index (χ4n) is 1.90. The van der Waals surface area contributed by atoms with Gasteiger partial charge in [-0.1, -0.05) is 34.5 Å². The number of nitrogens with two attached hydrogens (primary N) is 2. The van der Waals surface area contributed by atoms with Crippen LogP contribution >= 0.6 is 34.5 Å². The van der Waals surface area contributed by atoms with Crippen molar-refractivity contribution in [1.82, 2.24) is 0 Å². The van der Waals surface area contributed by atoms with E-state index in [-0.39, 0.29) is 36.7 Å². The largest absolute Gasteiger partial charge is 0.478 e. The minimum atomic E-state index is -1.30. The number of primary amides is 2. The molecule has 0 unspecified atom stereocenters. The third-order valence-electron chi connectivity index (χ3n) is 3.00. The molecule has 4 amide bonds. The van der Waals surface area contributed by atoms with Gasteiger partial charge in [-0.3, -0.25) is 14.9 Å².